The SMILES string of the molecule is CCCC1CCC(NCc2c(Cl)oc3ccccc23)CC1. The summed E-state index contributed by atoms with van der Waals surface area (Å²) < 4.78 is 5.61. The molecule has 1 aliphatic rings. The van der Waals surface area contributed by atoms with Crippen LogP contribution in [-0.4, -0.2) is 6.04 Å². The zero-order chi connectivity index (χ0) is 14.7. The van der Waals surface area contributed by atoms with Gasteiger partial charge in [-0.3, -0.25) is 0 Å². The van der Waals surface area contributed by atoms with E-state index >= 15 is 0 Å². The molecule has 0 amide bonds. The van der Waals surface area contributed by atoms with Crippen molar-refractivity contribution in [3.8, 4) is 0 Å². The van der Waals surface area contributed by atoms with Crippen molar-refractivity contribution in [3.63, 3.8) is 0 Å². The van der Waals surface area contributed by atoms with Crippen molar-refractivity contribution in [1.82, 2.24) is 5.32 Å². The lowest BCUT2D eigenvalue weighted by atomic mass is 9.83. The Morgan fingerprint density at radius 2 is 1.95 bits per heavy atom. The van der Waals surface area contributed by atoms with Gasteiger partial charge in [0.2, 0.25) is 0 Å². The molecule has 2 aromatic rings. The summed E-state index contributed by atoms with van der Waals surface area (Å²) in [5.41, 5.74) is 1.98. The van der Waals surface area contributed by atoms with Gasteiger partial charge < -0.3 is 9.73 Å². The second-order valence-corrected chi connectivity index (χ2v) is 6.58. The van der Waals surface area contributed by atoms with E-state index in [0.717, 1.165) is 29.0 Å². The van der Waals surface area contributed by atoms with Gasteiger partial charge in [-0.2, -0.15) is 0 Å². The van der Waals surface area contributed by atoms with Crippen LogP contribution >= 0.6 is 11.6 Å². The highest BCUT2D eigenvalue weighted by molar-refractivity contribution is 6.30. The van der Waals surface area contributed by atoms with Crippen molar-refractivity contribution in [2.24, 2.45) is 5.92 Å². The quantitative estimate of drug-likeness (QED) is 0.785. The molecule has 1 heterocycles. The molecule has 1 aliphatic carbocycles. The Kier molecular flexibility index (Phi) is 4.87. The highest BCUT2D eigenvalue weighted by atomic mass is 35.5. The lowest BCUT2D eigenvalue weighted by Crippen LogP contribution is -2.32. The summed E-state index contributed by atoms with van der Waals surface area (Å²) in [4.78, 5) is 0. The summed E-state index contributed by atoms with van der Waals surface area (Å²) in [6.07, 6.45) is 8.02. The molecule has 1 saturated carbocycles. The van der Waals surface area contributed by atoms with Gasteiger partial charge in [-0.25, -0.2) is 0 Å². The molecule has 0 spiro atoms. The van der Waals surface area contributed by atoms with Crippen molar-refractivity contribution in [3.05, 3.63) is 35.0 Å². The number of rotatable bonds is 5. The maximum Gasteiger partial charge on any atom is 0.199 e. The van der Waals surface area contributed by atoms with E-state index in [2.05, 4.69) is 18.3 Å². The first kappa shape index (κ1) is 14.9. The van der Waals surface area contributed by atoms with Gasteiger partial charge in [0.15, 0.2) is 5.22 Å². The van der Waals surface area contributed by atoms with Crippen molar-refractivity contribution in [2.75, 3.05) is 0 Å². The van der Waals surface area contributed by atoms with Crippen LogP contribution in [0.4, 0.5) is 0 Å². The van der Waals surface area contributed by atoms with E-state index in [1.165, 1.54) is 38.5 Å². The molecule has 1 N–H and O–H groups in total. The van der Waals surface area contributed by atoms with Crippen molar-refractivity contribution >= 4 is 22.6 Å². The number of halogens is 1. The van der Waals surface area contributed by atoms with E-state index < -0.39 is 0 Å². The highest BCUT2D eigenvalue weighted by Crippen LogP contribution is 2.31. The average Bonchev–Trinajstić information content (AvgIpc) is 2.82. The molecule has 1 fully saturated rings. The Hall–Kier alpha value is -0.990. The first-order valence-electron chi connectivity index (χ1n) is 8.17. The molecule has 0 bridgehead atoms. The fourth-order valence-corrected chi connectivity index (χ4v) is 3.80. The normalized spacial score (nSPS) is 22.8. The Labute approximate surface area is 131 Å². The molecule has 3 rings (SSSR count). The van der Waals surface area contributed by atoms with Crippen LogP contribution in [0.2, 0.25) is 5.22 Å². The molecule has 0 radical (unpaired) electrons. The Morgan fingerprint density at radius 3 is 2.71 bits per heavy atom. The third-order valence-electron chi connectivity index (χ3n) is 4.76. The van der Waals surface area contributed by atoms with Crippen molar-refractivity contribution in [1.29, 1.82) is 0 Å². The second-order valence-electron chi connectivity index (χ2n) is 6.24. The summed E-state index contributed by atoms with van der Waals surface area (Å²) in [6.45, 7) is 3.09. The minimum atomic E-state index is 0.531. The van der Waals surface area contributed by atoms with Crippen LogP contribution in [0.1, 0.15) is 51.0 Å². The van der Waals surface area contributed by atoms with Gasteiger partial charge in [-0.1, -0.05) is 38.0 Å². The number of nitrogens with one attached hydrogen (secondary N) is 1. The Bertz CT molecular complexity index is 584. The lowest BCUT2D eigenvalue weighted by Gasteiger charge is -2.29. The van der Waals surface area contributed by atoms with Gasteiger partial charge >= 0.3 is 0 Å². The van der Waals surface area contributed by atoms with Crippen LogP contribution in [-0.2, 0) is 6.54 Å². The number of para-hydroxylation sites is 1. The Balaban J connectivity index is 1.59. The average molecular weight is 306 g/mol. The second kappa shape index (κ2) is 6.85. The molecule has 2 nitrogen and oxygen atoms in total. The third kappa shape index (κ3) is 3.44. The van der Waals surface area contributed by atoms with Gasteiger partial charge in [0.05, 0.1) is 0 Å². The molecular formula is C18H24ClNO. The molecule has 0 aliphatic heterocycles. The predicted octanol–water partition coefficient (Wildman–Crippen LogP) is 5.53. The van der Waals surface area contributed by atoms with E-state index in [1.54, 1.807) is 0 Å². The van der Waals surface area contributed by atoms with Crippen molar-refractivity contribution in [2.45, 2.75) is 58.0 Å². The van der Waals surface area contributed by atoms with E-state index in [4.69, 9.17) is 16.0 Å². The van der Waals surface area contributed by atoms with Crippen LogP contribution in [0.3, 0.4) is 0 Å². The molecule has 0 atom stereocenters. The summed E-state index contributed by atoms with van der Waals surface area (Å²) >= 11 is 6.24. The largest absolute Gasteiger partial charge is 0.444 e. The smallest absolute Gasteiger partial charge is 0.199 e. The van der Waals surface area contributed by atoms with E-state index in [0.29, 0.717) is 11.3 Å². The standard InChI is InChI=1S/C18H24ClNO/c1-2-5-13-8-10-14(11-9-13)20-12-16-15-6-3-4-7-17(15)21-18(16)19/h3-4,6-7,13-14,20H,2,5,8-12H2,1H3. The predicted molar refractivity (Wildman–Crippen MR) is 88.7 cm³/mol. The first-order valence-corrected chi connectivity index (χ1v) is 8.55. The van der Waals surface area contributed by atoms with Crippen LogP contribution in [0.15, 0.2) is 28.7 Å². The highest BCUT2D eigenvalue weighted by Gasteiger charge is 2.21. The summed E-state index contributed by atoms with van der Waals surface area (Å²) in [7, 11) is 0. The number of hydrogen-bond acceptors (Lipinski definition) is 2. The third-order valence-corrected chi connectivity index (χ3v) is 5.07. The number of hydrogen-bond donors (Lipinski definition) is 1. The van der Waals surface area contributed by atoms with Crippen LogP contribution in [0.5, 0.6) is 0 Å². The van der Waals surface area contributed by atoms with Gasteiger partial charge in [-0.15, -0.1) is 0 Å². The lowest BCUT2D eigenvalue weighted by molar-refractivity contribution is 0.277. The first-order chi connectivity index (χ1) is 10.3. The molecule has 114 valence electrons. The molecule has 0 saturated heterocycles. The summed E-state index contributed by atoms with van der Waals surface area (Å²) in [6, 6.07) is 8.70. The monoisotopic (exact) mass is 305 g/mol. The minimum Gasteiger partial charge on any atom is -0.444 e. The zero-order valence-corrected chi connectivity index (χ0v) is 13.5. The molecule has 3 heteroatoms. The minimum absolute atomic E-state index is 0.531. The molecule has 0 unspecified atom stereocenters. The van der Waals surface area contributed by atoms with Crippen LogP contribution < -0.4 is 5.32 Å². The molecule has 21 heavy (non-hydrogen) atoms. The fraction of sp³-hybridized carbons (Fsp3) is 0.556. The van der Waals surface area contributed by atoms with Gasteiger partial charge in [0.25, 0.3) is 0 Å². The molecular weight excluding hydrogens is 282 g/mol. The summed E-state index contributed by atoms with van der Waals surface area (Å²) in [5, 5.41) is 5.34. The van der Waals surface area contributed by atoms with Gasteiger partial charge in [-0.05, 0) is 49.3 Å². The van der Waals surface area contributed by atoms with E-state index in [-0.39, 0.29) is 0 Å². The summed E-state index contributed by atoms with van der Waals surface area (Å²) in [5.74, 6) is 0.950. The number of furan rings is 1. The van der Waals surface area contributed by atoms with E-state index in [1.807, 2.05) is 18.2 Å². The Morgan fingerprint density at radius 1 is 1.19 bits per heavy atom. The van der Waals surface area contributed by atoms with Crippen molar-refractivity contribution < 1.29 is 4.42 Å². The fourth-order valence-electron chi connectivity index (χ4n) is 3.54. The van der Waals surface area contributed by atoms with Gasteiger partial charge in [0, 0.05) is 23.5 Å². The maximum absolute atomic E-state index is 6.24. The van der Waals surface area contributed by atoms with Crippen LogP contribution in [0, 0.1) is 5.92 Å². The van der Waals surface area contributed by atoms with E-state index in [9.17, 15) is 0 Å². The topological polar surface area (TPSA) is 25.2 Å². The molecule has 1 aromatic heterocycles. The maximum atomic E-state index is 6.24. The number of fused-ring (bicyclic) bond motifs is 1. The van der Waals surface area contributed by atoms with Gasteiger partial charge in [0.1, 0.15) is 5.58 Å². The number of benzene rings is 1. The zero-order valence-electron chi connectivity index (χ0n) is 12.7. The molecule has 1 aromatic carbocycles. The van der Waals surface area contributed by atoms with Crippen LogP contribution in [0.25, 0.3) is 11.0 Å².